The number of hydrogen-bond donors (Lipinski definition) is 1. The maximum Gasteiger partial charge on any atom is 0.0424 e. The molecule has 0 amide bonds. The first kappa shape index (κ1) is 14.5. The number of hydrogen-bond acceptors (Lipinski definition) is 2. The Bertz CT molecular complexity index is 363. The maximum atomic E-state index is 6.35. The van der Waals surface area contributed by atoms with E-state index < -0.39 is 0 Å². The van der Waals surface area contributed by atoms with Crippen LogP contribution in [-0.2, 0) is 0 Å². The van der Waals surface area contributed by atoms with Crippen molar-refractivity contribution in [2.45, 2.75) is 57.5 Å². The van der Waals surface area contributed by atoms with Gasteiger partial charge in [0.25, 0.3) is 0 Å². The lowest BCUT2D eigenvalue weighted by molar-refractivity contribution is 0.209. The van der Waals surface area contributed by atoms with Crippen LogP contribution < -0.4 is 5.73 Å². The summed E-state index contributed by atoms with van der Waals surface area (Å²) in [5.74, 6) is 0. The van der Waals surface area contributed by atoms with Crippen molar-refractivity contribution in [1.29, 1.82) is 0 Å². The number of aryl methyl sites for hydroxylation is 1. The molecule has 0 spiro atoms. The van der Waals surface area contributed by atoms with Crippen LogP contribution in [-0.4, -0.2) is 24.5 Å². The molecule has 2 rings (SSSR count). The van der Waals surface area contributed by atoms with Gasteiger partial charge >= 0.3 is 0 Å². The number of nitrogens with two attached hydrogens (primary N) is 1. The lowest BCUT2D eigenvalue weighted by Gasteiger charge is -2.29. The van der Waals surface area contributed by atoms with Crippen LogP contribution in [0.15, 0.2) is 24.3 Å². The molecule has 1 fully saturated rings. The SMILES string of the molecule is Cc1ccc(C(N)CN(C)C2CCCCCC2)cc1. The molecule has 19 heavy (non-hydrogen) atoms. The average Bonchev–Trinajstić information content (AvgIpc) is 2.68. The Kier molecular flexibility index (Phi) is 5.41. The van der Waals surface area contributed by atoms with Crippen LogP contribution in [0.5, 0.6) is 0 Å². The molecule has 1 aliphatic rings. The Labute approximate surface area is 118 Å². The van der Waals surface area contributed by atoms with Gasteiger partial charge in [-0.1, -0.05) is 55.5 Å². The van der Waals surface area contributed by atoms with E-state index in [1.165, 1.54) is 49.7 Å². The highest BCUT2D eigenvalue weighted by Crippen LogP contribution is 2.22. The van der Waals surface area contributed by atoms with Gasteiger partial charge in [-0.15, -0.1) is 0 Å². The van der Waals surface area contributed by atoms with E-state index in [1.807, 2.05) is 0 Å². The molecule has 0 bridgehead atoms. The van der Waals surface area contributed by atoms with E-state index in [9.17, 15) is 0 Å². The largest absolute Gasteiger partial charge is 0.323 e. The maximum absolute atomic E-state index is 6.35. The fourth-order valence-corrected chi connectivity index (χ4v) is 3.08. The molecule has 1 aliphatic carbocycles. The lowest BCUT2D eigenvalue weighted by Crippen LogP contribution is -2.37. The molecule has 1 saturated carbocycles. The molecule has 1 unspecified atom stereocenters. The summed E-state index contributed by atoms with van der Waals surface area (Å²) in [5, 5.41) is 0. The standard InChI is InChI=1S/C17H28N2/c1-14-9-11-15(12-10-14)17(18)13-19(2)16-7-5-3-4-6-8-16/h9-12,16-17H,3-8,13,18H2,1-2H3. The zero-order valence-electron chi connectivity index (χ0n) is 12.4. The quantitative estimate of drug-likeness (QED) is 0.837. The minimum absolute atomic E-state index is 0.133. The van der Waals surface area contributed by atoms with Crippen LogP contribution in [0.3, 0.4) is 0 Å². The van der Waals surface area contributed by atoms with Crippen molar-refractivity contribution in [2.24, 2.45) is 5.73 Å². The summed E-state index contributed by atoms with van der Waals surface area (Å²) in [4.78, 5) is 2.48. The van der Waals surface area contributed by atoms with E-state index >= 15 is 0 Å². The molecule has 0 aromatic heterocycles. The van der Waals surface area contributed by atoms with Gasteiger partial charge in [0.2, 0.25) is 0 Å². The fourth-order valence-electron chi connectivity index (χ4n) is 3.08. The van der Waals surface area contributed by atoms with Crippen LogP contribution in [0.1, 0.15) is 55.7 Å². The van der Waals surface area contributed by atoms with Gasteiger partial charge in [-0.25, -0.2) is 0 Å². The second-order valence-electron chi connectivity index (χ2n) is 6.10. The van der Waals surface area contributed by atoms with Crippen LogP contribution in [0.4, 0.5) is 0 Å². The zero-order valence-corrected chi connectivity index (χ0v) is 12.4. The molecule has 0 aliphatic heterocycles. The molecule has 1 aromatic rings. The number of benzene rings is 1. The monoisotopic (exact) mass is 260 g/mol. The first-order valence-electron chi connectivity index (χ1n) is 7.69. The molecule has 0 saturated heterocycles. The van der Waals surface area contributed by atoms with E-state index in [2.05, 4.69) is 43.1 Å². The van der Waals surface area contributed by atoms with Crippen LogP contribution in [0.25, 0.3) is 0 Å². The first-order chi connectivity index (χ1) is 9.16. The molecule has 106 valence electrons. The topological polar surface area (TPSA) is 29.3 Å². The van der Waals surface area contributed by atoms with Crippen molar-refractivity contribution in [2.75, 3.05) is 13.6 Å². The van der Waals surface area contributed by atoms with Gasteiger partial charge in [0.15, 0.2) is 0 Å². The summed E-state index contributed by atoms with van der Waals surface area (Å²) in [5.41, 5.74) is 8.90. The van der Waals surface area contributed by atoms with Crippen molar-refractivity contribution in [3.05, 3.63) is 35.4 Å². The van der Waals surface area contributed by atoms with Gasteiger partial charge in [-0.2, -0.15) is 0 Å². The average molecular weight is 260 g/mol. The van der Waals surface area contributed by atoms with Gasteiger partial charge in [-0.05, 0) is 32.4 Å². The third-order valence-electron chi connectivity index (χ3n) is 4.44. The molecule has 0 radical (unpaired) electrons. The molecule has 2 nitrogen and oxygen atoms in total. The highest BCUT2D eigenvalue weighted by atomic mass is 15.1. The van der Waals surface area contributed by atoms with Crippen molar-refractivity contribution < 1.29 is 0 Å². The number of rotatable bonds is 4. The Morgan fingerprint density at radius 3 is 2.26 bits per heavy atom. The molecule has 0 heterocycles. The van der Waals surface area contributed by atoms with Gasteiger partial charge in [0.05, 0.1) is 0 Å². The van der Waals surface area contributed by atoms with Gasteiger partial charge in [0.1, 0.15) is 0 Å². The third-order valence-corrected chi connectivity index (χ3v) is 4.44. The second-order valence-corrected chi connectivity index (χ2v) is 6.10. The first-order valence-corrected chi connectivity index (χ1v) is 7.69. The van der Waals surface area contributed by atoms with Gasteiger partial charge in [0, 0.05) is 18.6 Å². The van der Waals surface area contributed by atoms with Crippen molar-refractivity contribution in [3.8, 4) is 0 Å². The Morgan fingerprint density at radius 2 is 1.68 bits per heavy atom. The van der Waals surface area contributed by atoms with Crippen molar-refractivity contribution in [1.82, 2.24) is 4.90 Å². The van der Waals surface area contributed by atoms with Gasteiger partial charge < -0.3 is 10.6 Å². The van der Waals surface area contributed by atoms with Crippen molar-refractivity contribution in [3.63, 3.8) is 0 Å². The van der Waals surface area contributed by atoms with E-state index in [0.29, 0.717) is 0 Å². The summed E-state index contributed by atoms with van der Waals surface area (Å²) < 4.78 is 0. The van der Waals surface area contributed by atoms with Crippen LogP contribution >= 0.6 is 0 Å². The van der Waals surface area contributed by atoms with Crippen molar-refractivity contribution >= 4 is 0 Å². The van der Waals surface area contributed by atoms with E-state index in [4.69, 9.17) is 5.73 Å². The summed E-state index contributed by atoms with van der Waals surface area (Å²) in [7, 11) is 2.24. The number of likely N-dealkylation sites (N-methyl/N-ethyl adjacent to an activating group) is 1. The van der Waals surface area contributed by atoms with E-state index in [0.717, 1.165) is 12.6 Å². The van der Waals surface area contributed by atoms with E-state index in [1.54, 1.807) is 0 Å². The minimum Gasteiger partial charge on any atom is -0.323 e. The minimum atomic E-state index is 0.133. The smallest absolute Gasteiger partial charge is 0.0424 e. The van der Waals surface area contributed by atoms with Gasteiger partial charge in [-0.3, -0.25) is 0 Å². The molecular weight excluding hydrogens is 232 g/mol. The highest BCUT2D eigenvalue weighted by Gasteiger charge is 2.19. The predicted octanol–water partition coefficient (Wildman–Crippen LogP) is 3.65. The number of nitrogens with zero attached hydrogens (tertiary/aromatic N) is 1. The Hall–Kier alpha value is -0.860. The molecular formula is C17H28N2. The summed E-state index contributed by atoms with van der Waals surface area (Å²) >= 11 is 0. The van der Waals surface area contributed by atoms with E-state index in [-0.39, 0.29) is 6.04 Å². The highest BCUT2D eigenvalue weighted by molar-refractivity contribution is 5.24. The Balaban J connectivity index is 1.89. The molecule has 2 heteroatoms. The predicted molar refractivity (Wildman–Crippen MR) is 82.2 cm³/mol. The zero-order chi connectivity index (χ0) is 13.7. The molecule has 2 N–H and O–H groups in total. The second kappa shape index (κ2) is 7.06. The lowest BCUT2D eigenvalue weighted by atomic mass is 10.0. The molecule has 1 atom stereocenters. The van der Waals surface area contributed by atoms with Crippen LogP contribution in [0, 0.1) is 6.92 Å². The summed E-state index contributed by atoms with van der Waals surface area (Å²) in [6.07, 6.45) is 8.28. The fraction of sp³-hybridized carbons (Fsp3) is 0.647. The third kappa shape index (κ3) is 4.32. The summed E-state index contributed by atoms with van der Waals surface area (Å²) in [6, 6.07) is 9.51. The summed E-state index contributed by atoms with van der Waals surface area (Å²) in [6.45, 7) is 3.08. The normalized spacial score (nSPS) is 19.4. The van der Waals surface area contributed by atoms with Crippen LogP contribution in [0.2, 0.25) is 0 Å². The molecule has 1 aromatic carbocycles. The Morgan fingerprint density at radius 1 is 1.11 bits per heavy atom.